The van der Waals surface area contributed by atoms with E-state index in [1.54, 1.807) is 0 Å². The number of hydrogen-bond donors (Lipinski definition) is 4. The van der Waals surface area contributed by atoms with Gasteiger partial charge in [-0.15, -0.1) is 0 Å². The van der Waals surface area contributed by atoms with Crippen LogP contribution in [0, 0.1) is 0 Å². The fourth-order valence-corrected chi connectivity index (χ4v) is 7.02. The van der Waals surface area contributed by atoms with Crippen molar-refractivity contribution in [2.75, 3.05) is 18.4 Å². The Labute approximate surface area is 194 Å². The molecule has 176 valence electrons. The lowest BCUT2D eigenvalue weighted by molar-refractivity contribution is 0.0912. The summed E-state index contributed by atoms with van der Waals surface area (Å²) in [5, 5.41) is 16.1. The number of sulfone groups is 1. The lowest BCUT2D eigenvalue weighted by atomic mass is 9.89. The molecule has 1 unspecified atom stereocenters. The van der Waals surface area contributed by atoms with Crippen molar-refractivity contribution in [3.63, 3.8) is 0 Å². The van der Waals surface area contributed by atoms with Gasteiger partial charge in [0.15, 0.2) is 5.75 Å². The zero-order valence-corrected chi connectivity index (χ0v) is 19.8. The van der Waals surface area contributed by atoms with Gasteiger partial charge in [0.2, 0.25) is 9.84 Å². The van der Waals surface area contributed by atoms with E-state index in [4.69, 9.17) is 17.3 Å². The molecule has 1 atom stereocenters. The summed E-state index contributed by atoms with van der Waals surface area (Å²) in [6.07, 6.45) is 7.76. The Kier molecular flexibility index (Phi) is 6.46. The van der Waals surface area contributed by atoms with E-state index < -0.39 is 31.4 Å². The molecule has 1 saturated carbocycles. The number of rotatable bonds is 5. The van der Waals surface area contributed by atoms with Crippen molar-refractivity contribution < 1.29 is 18.3 Å². The molecular weight excluding hydrogens is 452 g/mol. The fraction of sp³-hybridized carbons (Fsp3) is 0.591. The number of amides is 2. The van der Waals surface area contributed by atoms with Crippen LogP contribution in [-0.2, 0) is 9.84 Å². The molecule has 3 aliphatic rings. The van der Waals surface area contributed by atoms with E-state index in [-0.39, 0.29) is 29.6 Å². The zero-order chi connectivity index (χ0) is 23.1. The quantitative estimate of drug-likeness (QED) is 0.376. The van der Waals surface area contributed by atoms with Crippen LogP contribution in [0.1, 0.15) is 51.9 Å². The number of nitrogens with zero attached hydrogens (tertiary/aromatic N) is 1. The Hall–Kier alpha value is -1.81. The first kappa shape index (κ1) is 23.4. The molecular formula is C22H31ClN4O4S. The van der Waals surface area contributed by atoms with E-state index >= 15 is 0 Å². The Morgan fingerprint density at radius 2 is 1.94 bits per heavy atom. The van der Waals surface area contributed by atoms with Gasteiger partial charge in [-0.25, -0.2) is 13.2 Å². The van der Waals surface area contributed by atoms with Gasteiger partial charge in [-0.3, -0.25) is 0 Å². The number of piperidine rings is 1. The number of carbonyl (C=O) groups excluding carboxylic acids is 1. The highest BCUT2D eigenvalue weighted by Crippen LogP contribution is 2.43. The van der Waals surface area contributed by atoms with Crippen LogP contribution in [0.3, 0.4) is 0 Å². The van der Waals surface area contributed by atoms with Gasteiger partial charge in [-0.2, -0.15) is 0 Å². The van der Waals surface area contributed by atoms with Crippen LogP contribution in [0.2, 0.25) is 5.02 Å². The van der Waals surface area contributed by atoms with Crippen LogP contribution in [-0.4, -0.2) is 54.5 Å². The predicted molar refractivity (Wildman–Crippen MR) is 125 cm³/mol. The Morgan fingerprint density at radius 1 is 1.25 bits per heavy atom. The van der Waals surface area contributed by atoms with Crippen molar-refractivity contribution >= 4 is 33.2 Å². The molecule has 0 aromatic heterocycles. The molecule has 1 heterocycles. The van der Waals surface area contributed by atoms with Gasteiger partial charge in [-0.05, 0) is 57.6 Å². The van der Waals surface area contributed by atoms with Gasteiger partial charge in [0.05, 0.1) is 16.8 Å². The number of aromatic hydroxyl groups is 1. The molecule has 0 radical (unpaired) electrons. The van der Waals surface area contributed by atoms with E-state index in [1.807, 2.05) is 6.92 Å². The number of benzene rings is 1. The first-order chi connectivity index (χ1) is 15.1. The van der Waals surface area contributed by atoms with E-state index in [0.717, 1.165) is 31.3 Å². The minimum absolute atomic E-state index is 0.0272. The van der Waals surface area contributed by atoms with Crippen LogP contribution >= 0.6 is 11.6 Å². The van der Waals surface area contributed by atoms with Crippen LogP contribution in [0.5, 0.6) is 5.75 Å². The summed E-state index contributed by atoms with van der Waals surface area (Å²) in [5.41, 5.74) is 7.46. The average molecular weight is 483 g/mol. The average Bonchev–Trinajstić information content (AvgIpc) is 3.09. The summed E-state index contributed by atoms with van der Waals surface area (Å²) in [4.78, 5) is 12.8. The second-order valence-electron chi connectivity index (χ2n) is 9.14. The van der Waals surface area contributed by atoms with Crippen LogP contribution < -0.4 is 16.4 Å². The number of carbonyl (C=O) groups is 1. The Morgan fingerprint density at radius 3 is 2.50 bits per heavy atom. The molecule has 2 amide bonds. The standard InChI is InChI=1S/C22H31ClN4O4S/c1-14-4-2-7-17(14)25-21(29)26-18-9-8-16(23)20(19(18)28)32(30,31)22(24)10-12-27(13-11-22)15-5-3-6-15/h4,8-9,15,17,28H,2-3,5-7,10-13,24H2,1H3,(H2,25,26,29). The molecule has 32 heavy (non-hydrogen) atoms. The number of phenolic OH excluding ortho intramolecular Hbond substituents is 1. The number of nitrogens with two attached hydrogens (primary N) is 1. The molecule has 1 aromatic rings. The van der Waals surface area contributed by atoms with E-state index in [2.05, 4.69) is 21.6 Å². The summed E-state index contributed by atoms with van der Waals surface area (Å²) in [6, 6.07) is 2.65. The molecule has 10 heteroatoms. The summed E-state index contributed by atoms with van der Waals surface area (Å²) in [7, 11) is -4.16. The summed E-state index contributed by atoms with van der Waals surface area (Å²) in [5.74, 6) is -0.586. The third kappa shape index (κ3) is 4.23. The lowest BCUT2D eigenvalue weighted by Crippen LogP contribution is -2.57. The third-order valence-electron chi connectivity index (χ3n) is 7.15. The van der Waals surface area contributed by atoms with Gasteiger partial charge in [0.1, 0.15) is 9.77 Å². The first-order valence-corrected chi connectivity index (χ1v) is 13.0. The maximum absolute atomic E-state index is 13.5. The second kappa shape index (κ2) is 8.85. The van der Waals surface area contributed by atoms with E-state index in [0.29, 0.717) is 19.1 Å². The van der Waals surface area contributed by atoms with Crippen molar-refractivity contribution in [3.05, 3.63) is 28.8 Å². The molecule has 5 N–H and O–H groups in total. The van der Waals surface area contributed by atoms with Gasteiger partial charge < -0.3 is 26.4 Å². The fourth-order valence-electron chi connectivity index (χ4n) is 4.74. The van der Waals surface area contributed by atoms with Gasteiger partial charge in [0, 0.05) is 19.1 Å². The van der Waals surface area contributed by atoms with Gasteiger partial charge >= 0.3 is 6.03 Å². The minimum atomic E-state index is -4.16. The van der Waals surface area contributed by atoms with Crippen molar-refractivity contribution in [1.82, 2.24) is 10.2 Å². The van der Waals surface area contributed by atoms with Crippen LogP contribution in [0.25, 0.3) is 0 Å². The molecule has 2 fully saturated rings. The van der Waals surface area contributed by atoms with Crippen LogP contribution in [0.4, 0.5) is 10.5 Å². The number of halogens is 1. The maximum atomic E-state index is 13.5. The number of anilines is 1. The number of nitrogens with one attached hydrogen (secondary N) is 2. The van der Waals surface area contributed by atoms with Crippen molar-refractivity contribution in [1.29, 1.82) is 0 Å². The smallest absolute Gasteiger partial charge is 0.319 e. The monoisotopic (exact) mass is 482 g/mol. The van der Waals surface area contributed by atoms with Gasteiger partial charge in [-0.1, -0.05) is 29.7 Å². The summed E-state index contributed by atoms with van der Waals surface area (Å²) >= 11 is 6.23. The molecule has 8 nitrogen and oxygen atoms in total. The highest BCUT2D eigenvalue weighted by molar-refractivity contribution is 7.93. The van der Waals surface area contributed by atoms with Crippen molar-refractivity contribution in [2.45, 2.75) is 73.7 Å². The van der Waals surface area contributed by atoms with Crippen molar-refractivity contribution in [2.24, 2.45) is 5.73 Å². The number of urea groups is 1. The topological polar surface area (TPSA) is 125 Å². The molecule has 1 aliphatic heterocycles. The highest BCUT2D eigenvalue weighted by Gasteiger charge is 2.47. The molecule has 1 saturated heterocycles. The lowest BCUT2D eigenvalue weighted by Gasteiger charge is -2.44. The summed E-state index contributed by atoms with van der Waals surface area (Å²) < 4.78 is 27.1. The van der Waals surface area contributed by atoms with E-state index in [9.17, 15) is 18.3 Å². The number of allylic oxidation sites excluding steroid dienone is 1. The number of phenols is 1. The molecule has 0 spiro atoms. The molecule has 1 aromatic carbocycles. The van der Waals surface area contributed by atoms with Gasteiger partial charge in [0.25, 0.3) is 0 Å². The zero-order valence-electron chi connectivity index (χ0n) is 18.2. The van der Waals surface area contributed by atoms with Crippen LogP contribution in [0.15, 0.2) is 28.7 Å². The number of hydrogen-bond acceptors (Lipinski definition) is 6. The number of likely N-dealkylation sites (tertiary alicyclic amines) is 1. The summed E-state index contributed by atoms with van der Waals surface area (Å²) in [6.45, 7) is 3.13. The molecule has 2 aliphatic carbocycles. The maximum Gasteiger partial charge on any atom is 0.319 e. The highest BCUT2D eigenvalue weighted by atomic mass is 35.5. The molecule has 0 bridgehead atoms. The Bertz CT molecular complexity index is 1030. The molecule has 4 rings (SSSR count). The first-order valence-electron chi connectivity index (χ1n) is 11.2. The predicted octanol–water partition coefficient (Wildman–Crippen LogP) is 3.35. The Balaban J connectivity index is 1.53. The SMILES string of the molecule is CC1=CCCC1NC(=O)Nc1ccc(Cl)c(S(=O)(=O)C2(N)CCN(C3CCC3)CC2)c1O. The third-order valence-corrected chi connectivity index (χ3v) is 10.0. The van der Waals surface area contributed by atoms with Crippen molar-refractivity contribution in [3.8, 4) is 5.75 Å². The van der Waals surface area contributed by atoms with E-state index in [1.165, 1.54) is 18.6 Å². The normalized spacial score (nSPS) is 24.0. The largest absolute Gasteiger partial charge is 0.504 e. The second-order valence-corrected chi connectivity index (χ2v) is 11.8. The minimum Gasteiger partial charge on any atom is -0.504 e.